The van der Waals surface area contributed by atoms with Crippen LogP contribution in [0.4, 0.5) is 23.1 Å². The summed E-state index contributed by atoms with van der Waals surface area (Å²) in [5.41, 5.74) is 2.48. The predicted octanol–water partition coefficient (Wildman–Crippen LogP) is 5.30. The molecule has 0 saturated carbocycles. The van der Waals surface area contributed by atoms with Crippen LogP contribution >= 0.6 is 11.6 Å². The third kappa shape index (κ3) is 6.42. The van der Waals surface area contributed by atoms with E-state index in [0.29, 0.717) is 35.7 Å². The van der Waals surface area contributed by atoms with Crippen LogP contribution in [0.25, 0.3) is 0 Å². The number of rotatable bonds is 10. The van der Waals surface area contributed by atoms with E-state index in [4.69, 9.17) is 16.3 Å². The Kier molecular flexibility index (Phi) is 8.67. The van der Waals surface area contributed by atoms with E-state index in [2.05, 4.69) is 25.9 Å². The Morgan fingerprint density at radius 1 is 1.15 bits per heavy atom. The van der Waals surface area contributed by atoms with E-state index in [1.807, 2.05) is 31.7 Å². The van der Waals surface area contributed by atoms with Gasteiger partial charge in [0.2, 0.25) is 5.95 Å². The van der Waals surface area contributed by atoms with Gasteiger partial charge in [-0.05, 0) is 76.0 Å². The van der Waals surface area contributed by atoms with Crippen molar-refractivity contribution >= 4 is 50.5 Å². The normalized spacial score (nSPS) is 15.7. The number of nitrogens with zero attached hydrogens (tertiary/aromatic N) is 3. The molecule has 12 heteroatoms. The Balaban J connectivity index is 1.44. The number of piperidine rings is 1. The highest BCUT2D eigenvalue weighted by molar-refractivity contribution is 7.91. The zero-order valence-corrected chi connectivity index (χ0v) is 25.0. The first-order valence-electron chi connectivity index (χ1n) is 13.9. The summed E-state index contributed by atoms with van der Waals surface area (Å²) < 4.78 is 31.8. The molecule has 0 spiro atoms. The highest BCUT2D eigenvalue weighted by atomic mass is 35.5. The van der Waals surface area contributed by atoms with Crippen molar-refractivity contribution in [2.24, 2.45) is 0 Å². The molecule has 1 saturated heterocycles. The number of anilines is 4. The van der Waals surface area contributed by atoms with Gasteiger partial charge < -0.3 is 25.6 Å². The van der Waals surface area contributed by atoms with E-state index in [1.165, 1.54) is 6.20 Å². The predicted molar refractivity (Wildman–Crippen MR) is 160 cm³/mol. The standard InChI is InChI=1S/C29H35ClN6O4S/c1-4-13-41(38,39)26-8-6-5-7-23(26)33-27-22(30)16-32-29(35-27)34-24-15-21-19(14-25(24)40-18(2)3)17-36(28(21)37)20-9-11-31-12-10-20/h5-8,14-16,18,20,31H,4,9-13,17H2,1-3H3,(H2,32,33,34,35). The number of hydrogen-bond donors (Lipinski definition) is 3. The molecule has 0 atom stereocenters. The van der Waals surface area contributed by atoms with E-state index < -0.39 is 9.84 Å². The maximum absolute atomic E-state index is 13.4. The lowest BCUT2D eigenvalue weighted by Gasteiger charge is -2.31. The van der Waals surface area contributed by atoms with Crippen LogP contribution in [0.15, 0.2) is 47.5 Å². The lowest BCUT2D eigenvalue weighted by Crippen LogP contribution is -2.43. The molecular weight excluding hydrogens is 564 g/mol. The smallest absolute Gasteiger partial charge is 0.254 e. The van der Waals surface area contributed by atoms with Crippen LogP contribution in [0, 0.1) is 0 Å². The van der Waals surface area contributed by atoms with Crippen LogP contribution in [-0.4, -0.2) is 60.2 Å². The van der Waals surface area contributed by atoms with Crippen molar-refractivity contribution in [3.63, 3.8) is 0 Å². The Hall–Kier alpha value is -3.41. The highest BCUT2D eigenvalue weighted by Crippen LogP contribution is 2.37. The van der Waals surface area contributed by atoms with Crippen LogP contribution in [0.1, 0.15) is 56.0 Å². The maximum atomic E-state index is 13.4. The molecule has 3 aromatic rings. The van der Waals surface area contributed by atoms with E-state index in [-0.39, 0.29) is 45.5 Å². The summed E-state index contributed by atoms with van der Waals surface area (Å²) >= 11 is 6.42. The summed E-state index contributed by atoms with van der Waals surface area (Å²) in [5.74, 6) is 1.07. The number of amides is 1. The van der Waals surface area contributed by atoms with Gasteiger partial charge in [-0.2, -0.15) is 4.98 Å². The maximum Gasteiger partial charge on any atom is 0.254 e. The minimum atomic E-state index is -3.49. The van der Waals surface area contributed by atoms with Crippen LogP contribution < -0.4 is 20.7 Å². The first-order valence-corrected chi connectivity index (χ1v) is 15.9. The van der Waals surface area contributed by atoms with E-state index >= 15 is 0 Å². The number of nitrogens with one attached hydrogen (secondary N) is 3. The number of para-hydroxylation sites is 1. The molecule has 1 amide bonds. The molecule has 1 aromatic heterocycles. The van der Waals surface area contributed by atoms with Gasteiger partial charge in [-0.1, -0.05) is 30.7 Å². The molecule has 5 rings (SSSR count). The number of ether oxygens (including phenoxy) is 1. The third-order valence-electron chi connectivity index (χ3n) is 7.09. The average molecular weight is 599 g/mol. The Labute approximate surface area is 245 Å². The second-order valence-electron chi connectivity index (χ2n) is 10.5. The van der Waals surface area contributed by atoms with Gasteiger partial charge in [0.15, 0.2) is 15.7 Å². The molecule has 0 unspecified atom stereocenters. The Morgan fingerprint density at radius 3 is 2.63 bits per heavy atom. The molecule has 3 heterocycles. The molecule has 1 fully saturated rings. The third-order valence-corrected chi connectivity index (χ3v) is 9.34. The molecule has 10 nitrogen and oxygen atoms in total. The summed E-state index contributed by atoms with van der Waals surface area (Å²) in [6.07, 6.45) is 3.69. The van der Waals surface area contributed by atoms with Crippen molar-refractivity contribution in [3.05, 3.63) is 58.7 Å². The van der Waals surface area contributed by atoms with Gasteiger partial charge in [0.05, 0.1) is 34.3 Å². The molecule has 3 N–H and O–H groups in total. The number of halogens is 1. The summed E-state index contributed by atoms with van der Waals surface area (Å²) in [4.78, 5) is 24.4. The van der Waals surface area contributed by atoms with Crippen LogP contribution in [0.2, 0.25) is 5.02 Å². The van der Waals surface area contributed by atoms with E-state index in [9.17, 15) is 13.2 Å². The van der Waals surface area contributed by atoms with Gasteiger partial charge in [0, 0.05) is 18.2 Å². The highest BCUT2D eigenvalue weighted by Gasteiger charge is 2.34. The number of carbonyl (C=O) groups is 1. The quantitative estimate of drug-likeness (QED) is 0.285. The molecule has 2 aliphatic rings. The zero-order valence-electron chi connectivity index (χ0n) is 23.4. The van der Waals surface area contributed by atoms with Crippen molar-refractivity contribution in [2.75, 3.05) is 29.5 Å². The second-order valence-corrected chi connectivity index (χ2v) is 13.0. The lowest BCUT2D eigenvalue weighted by molar-refractivity contribution is 0.0668. The molecule has 0 aliphatic carbocycles. The topological polar surface area (TPSA) is 126 Å². The monoisotopic (exact) mass is 598 g/mol. The van der Waals surface area contributed by atoms with E-state index in [0.717, 1.165) is 31.5 Å². The number of benzene rings is 2. The fraction of sp³-hybridized carbons (Fsp3) is 0.414. The molecule has 2 aliphatic heterocycles. The summed E-state index contributed by atoms with van der Waals surface area (Å²) in [6, 6.07) is 10.6. The molecule has 2 aromatic carbocycles. The zero-order chi connectivity index (χ0) is 29.1. The number of aromatic nitrogens is 2. The largest absolute Gasteiger partial charge is 0.489 e. The van der Waals surface area contributed by atoms with Crippen LogP contribution in [0.5, 0.6) is 5.75 Å². The van der Waals surface area contributed by atoms with Crippen molar-refractivity contribution in [3.8, 4) is 5.75 Å². The average Bonchev–Trinajstić information content (AvgIpc) is 3.26. The van der Waals surface area contributed by atoms with Gasteiger partial charge >= 0.3 is 0 Å². The molecular formula is C29H35ClN6O4S. The number of sulfone groups is 1. The van der Waals surface area contributed by atoms with Crippen molar-refractivity contribution in [1.29, 1.82) is 0 Å². The van der Waals surface area contributed by atoms with Crippen molar-refractivity contribution < 1.29 is 17.9 Å². The van der Waals surface area contributed by atoms with Crippen LogP contribution in [0.3, 0.4) is 0 Å². The van der Waals surface area contributed by atoms with Gasteiger partial charge in [0.1, 0.15) is 10.8 Å². The number of carbonyl (C=O) groups excluding carboxylic acids is 1. The van der Waals surface area contributed by atoms with Gasteiger partial charge in [-0.15, -0.1) is 0 Å². The summed E-state index contributed by atoms with van der Waals surface area (Å²) in [6.45, 7) is 8.06. The fourth-order valence-corrected chi connectivity index (χ4v) is 6.84. The molecule has 0 radical (unpaired) electrons. The minimum Gasteiger partial charge on any atom is -0.489 e. The van der Waals surface area contributed by atoms with Gasteiger partial charge in [-0.3, -0.25) is 4.79 Å². The molecule has 218 valence electrons. The van der Waals surface area contributed by atoms with Crippen molar-refractivity contribution in [1.82, 2.24) is 20.2 Å². The van der Waals surface area contributed by atoms with Gasteiger partial charge in [-0.25, -0.2) is 13.4 Å². The van der Waals surface area contributed by atoms with Crippen molar-refractivity contribution in [2.45, 2.75) is 63.6 Å². The SMILES string of the molecule is CCCS(=O)(=O)c1ccccc1Nc1nc(Nc2cc3c(cc2OC(C)C)CN(C2CCNCC2)C3=O)ncc1Cl. The molecule has 0 bridgehead atoms. The molecule has 41 heavy (non-hydrogen) atoms. The minimum absolute atomic E-state index is 0.00956. The second kappa shape index (κ2) is 12.2. The van der Waals surface area contributed by atoms with Crippen LogP contribution in [-0.2, 0) is 16.4 Å². The summed E-state index contributed by atoms with van der Waals surface area (Å²) in [5, 5.41) is 9.84. The van der Waals surface area contributed by atoms with E-state index in [1.54, 1.807) is 30.3 Å². The fourth-order valence-electron chi connectivity index (χ4n) is 5.21. The Morgan fingerprint density at radius 2 is 1.90 bits per heavy atom. The first kappa shape index (κ1) is 29.1. The lowest BCUT2D eigenvalue weighted by atomic mass is 10.1. The first-order chi connectivity index (χ1) is 19.7. The number of hydrogen-bond acceptors (Lipinski definition) is 9. The summed E-state index contributed by atoms with van der Waals surface area (Å²) in [7, 11) is -3.49. The van der Waals surface area contributed by atoms with Gasteiger partial charge in [0.25, 0.3) is 5.91 Å². The number of fused-ring (bicyclic) bond motifs is 1. The Bertz CT molecular complexity index is 1540.